The van der Waals surface area contributed by atoms with Crippen LogP contribution in [0.4, 0.5) is 4.79 Å². The molecule has 10 heteroatoms. The number of rotatable bonds is 6. The molecule has 2 amide bonds. The van der Waals surface area contributed by atoms with Crippen LogP contribution in [0.25, 0.3) is 5.78 Å². The summed E-state index contributed by atoms with van der Waals surface area (Å²) in [5.41, 5.74) is 1.03. The van der Waals surface area contributed by atoms with E-state index in [1.165, 1.54) is 12.8 Å². The van der Waals surface area contributed by atoms with Crippen LogP contribution in [0.1, 0.15) is 36.9 Å². The summed E-state index contributed by atoms with van der Waals surface area (Å²) in [6.07, 6.45) is 8.35. The van der Waals surface area contributed by atoms with Crippen molar-refractivity contribution in [3.05, 3.63) is 42.2 Å². The lowest BCUT2D eigenvalue weighted by Crippen LogP contribution is -2.43. The third-order valence-corrected chi connectivity index (χ3v) is 5.14. The van der Waals surface area contributed by atoms with Gasteiger partial charge in [-0.1, -0.05) is 0 Å². The van der Waals surface area contributed by atoms with Crippen LogP contribution in [-0.2, 0) is 17.8 Å². The molecule has 0 radical (unpaired) electrons. The van der Waals surface area contributed by atoms with Gasteiger partial charge in [0.15, 0.2) is 5.82 Å². The first-order valence-corrected chi connectivity index (χ1v) is 9.60. The number of hydrogen-bond acceptors (Lipinski definition) is 6. The number of urea groups is 1. The maximum Gasteiger partial charge on any atom is 0.315 e. The normalized spacial score (nSPS) is 21.9. The Morgan fingerprint density at radius 2 is 2.21 bits per heavy atom. The molecule has 1 aliphatic carbocycles. The summed E-state index contributed by atoms with van der Waals surface area (Å²) in [7, 11) is 0. The van der Waals surface area contributed by atoms with Gasteiger partial charge in [0, 0.05) is 31.7 Å². The maximum absolute atomic E-state index is 12.4. The van der Waals surface area contributed by atoms with Crippen LogP contribution in [0.5, 0.6) is 0 Å². The second-order valence-corrected chi connectivity index (χ2v) is 7.29. The molecule has 3 aromatic heterocycles. The van der Waals surface area contributed by atoms with Crippen LogP contribution in [-0.4, -0.2) is 48.0 Å². The number of aromatic nitrogens is 6. The number of fused-ring (bicyclic) bond motifs is 1. The van der Waals surface area contributed by atoms with Gasteiger partial charge in [-0.2, -0.15) is 10.1 Å². The van der Waals surface area contributed by atoms with Crippen molar-refractivity contribution in [1.29, 1.82) is 0 Å². The Balaban J connectivity index is 1.20. The molecule has 2 N–H and O–H groups in total. The third-order valence-electron chi connectivity index (χ3n) is 5.14. The zero-order valence-corrected chi connectivity index (χ0v) is 15.4. The first-order valence-electron chi connectivity index (χ1n) is 9.60. The SMILES string of the molecule is O=C(NCc1nc2ncccn2n1)N[C@@H]1CCO[C@H]1c1ccnn1CC1CC1. The molecule has 3 aromatic rings. The summed E-state index contributed by atoms with van der Waals surface area (Å²) in [6.45, 7) is 1.77. The predicted octanol–water partition coefficient (Wildman–Crippen LogP) is 1.06. The number of hydrogen-bond donors (Lipinski definition) is 2. The van der Waals surface area contributed by atoms with E-state index in [4.69, 9.17) is 4.74 Å². The summed E-state index contributed by atoms with van der Waals surface area (Å²) in [5, 5.41) is 14.6. The van der Waals surface area contributed by atoms with Crippen molar-refractivity contribution in [1.82, 2.24) is 40.0 Å². The Hall–Kier alpha value is -3.01. The number of carbonyl (C=O) groups excluding carboxylic acids is 1. The number of nitrogens with one attached hydrogen (secondary N) is 2. The molecule has 5 rings (SSSR count). The minimum absolute atomic E-state index is 0.0923. The fourth-order valence-corrected chi connectivity index (χ4v) is 3.54. The van der Waals surface area contributed by atoms with Crippen molar-refractivity contribution in [2.75, 3.05) is 6.61 Å². The fraction of sp³-hybridized carbons (Fsp3) is 0.500. The highest BCUT2D eigenvalue weighted by Gasteiger charge is 2.34. The van der Waals surface area contributed by atoms with Gasteiger partial charge in [-0.25, -0.2) is 14.3 Å². The van der Waals surface area contributed by atoms with E-state index in [0.29, 0.717) is 18.2 Å². The number of carbonyl (C=O) groups is 1. The first kappa shape index (κ1) is 17.1. The molecule has 2 atom stereocenters. The molecule has 146 valence electrons. The number of amides is 2. The Morgan fingerprint density at radius 1 is 1.29 bits per heavy atom. The number of ether oxygens (including phenoxy) is 1. The molecule has 28 heavy (non-hydrogen) atoms. The summed E-state index contributed by atoms with van der Waals surface area (Å²) in [5.74, 6) is 1.74. The van der Waals surface area contributed by atoms with Gasteiger partial charge in [-0.05, 0) is 37.3 Å². The van der Waals surface area contributed by atoms with E-state index in [2.05, 4.69) is 30.8 Å². The van der Waals surface area contributed by atoms with Crippen molar-refractivity contribution >= 4 is 11.8 Å². The van der Waals surface area contributed by atoms with Gasteiger partial charge >= 0.3 is 6.03 Å². The van der Waals surface area contributed by atoms with Gasteiger partial charge in [0.05, 0.1) is 18.3 Å². The average molecular weight is 382 g/mol. The van der Waals surface area contributed by atoms with Gasteiger partial charge in [0.25, 0.3) is 5.78 Å². The molecular formula is C18H22N8O2. The molecule has 10 nitrogen and oxygen atoms in total. The topological polar surface area (TPSA) is 111 Å². The van der Waals surface area contributed by atoms with Crippen LogP contribution in [0.3, 0.4) is 0 Å². The van der Waals surface area contributed by atoms with E-state index >= 15 is 0 Å². The average Bonchev–Trinajstić information content (AvgIpc) is 3.08. The molecule has 1 saturated heterocycles. The van der Waals surface area contributed by atoms with Crippen molar-refractivity contribution in [2.24, 2.45) is 5.92 Å². The van der Waals surface area contributed by atoms with Crippen LogP contribution < -0.4 is 10.6 Å². The highest BCUT2D eigenvalue weighted by molar-refractivity contribution is 5.74. The van der Waals surface area contributed by atoms with E-state index in [1.54, 1.807) is 29.2 Å². The lowest BCUT2D eigenvalue weighted by atomic mass is 10.1. The first-order chi connectivity index (χ1) is 13.8. The second kappa shape index (κ2) is 7.19. The van der Waals surface area contributed by atoms with Gasteiger partial charge in [0.1, 0.15) is 6.10 Å². The van der Waals surface area contributed by atoms with Gasteiger partial charge in [-0.3, -0.25) is 4.68 Å². The highest BCUT2D eigenvalue weighted by atomic mass is 16.5. The minimum atomic E-state index is -0.263. The van der Waals surface area contributed by atoms with Crippen molar-refractivity contribution in [3.63, 3.8) is 0 Å². The zero-order valence-electron chi connectivity index (χ0n) is 15.4. The maximum atomic E-state index is 12.4. The smallest absolute Gasteiger partial charge is 0.315 e. The molecule has 1 aliphatic heterocycles. The zero-order chi connectivity index (χ0) is 18.9. The Kier molecular flexibility index (Phi) is 4.40. The summed E-state index contributed by atoms with van der Waals surface area (Å²) in [4.78, 5) is 20.8. The summed E-state index contributed by atoms with van der Waals surface area (Å²) >= 11 is 0. The van der Waals surface area contributed by atoms with Crippen molar-refractivity contribution in [3.8, 4) is 0 Å². The standard InChI is InChI=1S/C18H22N8O2/c27-18(20-10-15-23-17-19-6-1-8-25(17)24-15)22-13-5-9-28-16(13)14-4-7-21-26(14)11-12-2-3-12/h1,4,6-8,12-13,16H,2-3,5,9-11H2,(H2,20,22,27)/t13-,16-/m1/s1. The fourth-order valence-electron chi connectivity index (χ4n) is 3.54. The number of nitrogens with zero attached hydrogens (tertiary/aromatic N) is 6. The van der Waals surface area contributed by atoms with Crippen molar-refractivity contribution in [2.45, 2.75) is 44.5 Å². The van der Waals surface area contributed by atoms with E-state index < -0.39 is 0 Å². The Bertz CT molecular complexity index is 946. The van der Waals surface area contributed by atoms with Crippen molar-refractivity contribution < 1.29 is 9.53 Å². The van der Waals surface area contributed by atoms with Gasteiger partial charge < -0.3 is 15.4 Å². The van der Waals surface area contributed by atoms with E-state index in [-0.39, 0.29) is 24.7 Å². The van der Waals surface area contributed by atoms with Gasteiger partial charge in [-0.15, -0.1) is 5.10 Å². The van der Waals surface area contributed by atoms with E-state index in [9.17, 15) is 4.79 Å². The summed E-state index contributed by atoms with van der Waals surface area (Å²) in [6, 6.07) is 3.41. The molecule has 2 aliphatic rings. The lowest BCUT2D eigenvalue weighted by molar-refractivity contribution is 0.0921. The lowest BCUT2D eigenvalue weighted by Gasteiger charge is -2.21. The molecule has 2 fully saturated rings. The van der Waals surface area contributed by atoms with E-state index in [0.717, 1.165) is 24.6 Å². The molecule has 1 saturated carbocycles. The Labute approximate surface area is 161 Å². The molecule has 0 unspecified atom stereocenters. The van der Waals surface area contributed by atoms with E-state index in [1.807, 2.05) is 10.7 Å². The monoisotopic (exact) mass is 382 g/mol. The Morgan fingerprint density at radius 3 is 3.07 bits per heavy atom. The van der Waals surface area contributed by atoms with Crippen LogP contribution in [0, 0.1) is 5.92 Å². The molecular weight excluding hydrogens is 360 g/mol. The largest absolute Gasteiger partial charge is 0.370 e. The quantitative estimate of drug-likeness (QED) is 0.659. The molecule has 0 bridgehead atoms. The molecule has 4 heterocycles. The highest BCUT2D eigenvalue weighted by Crippen LogP contribution is 2.34. The minimum Gasteiger partial charge on any atom is -0.370 e. The second-order valence-electron chi connectivity index (χ2n) is 7.29. The van der Waals surface area contributed by atoms with Crippen LogP contribution >= 0.6 is 0 Å². The van der Waals surface area contributed by atoms with Crippen LogP contribution in [0.2, 0.25) is 0 Å². The predicted molar refractivity (Wildman–Crippen MR) is 98.2 cm³/mol. The summed E-state index contributed by atoms with van der Waals surface area (Å²) < 4.78 is 9.52. The molecule has 0 spiro atoms. The third kappa shape index (κ3) is 3.55. The van der Waals surface area contributed by atoms with Crippen LogP contribution in [0.15, 0.2) is 30.7 Å². The van der Waals surface area contributed by atoms with Gasteiger partial charge in [0.2, 0.25) is 0 Å². The molecule has 0 aromatic carbocycles.